The van der Waals surface area contributed by atoms with Crippen LogP contribution in [0.1, 0.15) is 26.7 Å². The molecule has 0 aliphatic heterocycles. The minimum atomic E-state index is 0.368. The van der Waals surface area contributed by atoms with Crippen molar-refractivity contribution in [2.45, 2.75) is 32.7 Å². The minimum absolute atomic E-state index is 0.368. The van der Waals surface area contributed by atoms with E-state index in [1.807, 2.05) is 0 Å². The van der Waals surface area contributed by atoms with Crippen molar-refractivity contribution in [2.75, 3.05) is 6.54 Å². The molecular weight excluding hydrogens is 136 g/mol. The van der Waals surface area contributed by atoms with Gasteiger partial charge in [-0.15, -0.1) is 0 Å². The first-order valence-electron chi connectivity index (χ1n) is 4.34. The molecular formula is C9H16N2. The summed E-state index contributed by atoms with van der Waals surface area (Å²) in [7, 11) is 0. The number of nitriles is 1. The molecule has 1 rings (SSSR count). The fourth-order valence-corrected chi connectivity index (χ4v) is 1.25. The van der Waals surface area contributed by atoms with Crippen LogP contribution in [0.15, 0.2) is 0 Å². The third-order valence-electron chi connectivity index (χ3n) is 2.40. The molecule has 0 saturated heterocycles. The Kier molecular flexibility index (Phi) is 2.90. The van der Waals surface area contributed by atoms with Crippen molar-refractivity contribution in [1.82, 2.24) is 5.32 Å². The number of nitrogens with one attached hydrogen (secondary N) is 1. The maximum atomic E-state index is 8.38. The van der Waals surface area contributed by atoms with Crippen molar-refractivity contribution in [3.05, 3.63) is 0 Å². The fraction of sp³-hybridized carbons (Fsp3) is 0.889. The van der Waals surface area contributed by atoms with Gasteiger partial charge in [-0.25, -0.2) is 0 Å². The van der Waals surface area contributed by atoms with Crippen molar-refractivity contribution in [2.24, 2.45) is 11.8 Å². The first-order chi connectivity index (χ1) is 5.24. The average Bonchev–Trinajstić information content (AvgIpc) is 2.63. The van der Waals surface area contributed by atoms with E-state index < -0.39 is 0 Å². The van der Waals surface area contributed by atoms with Crippen LogP contribution < -0.4 is 5.32 Å². The molecule has 11 heavy (non-hydrogen) atoms. The van der Waals surface area contributed by atoms with Gasteiger partial charge in [-0.3, -0.25) is 0 Å². The van der Waals surface area contributed by atoms with Crippen molar-refractivity contribution < 1.29 is 0 Å². The highest BCUT2D eigenvalue weighted by Gasteiger charge is 2.31. The summed E-state index contributed by atoms with van der Waals surface area (Å²) in [6, 6.07) is 2.53. The third-order valence-corrected chi connectivity index (χ3v) is 2.40. The first kappa shape index (κ1) is 8.55. The first-order valence-corrected chi connectivity index (χ1v) is 4.34. The van der Waals surface area contributed by atoms with Gasteiger partial charge in [0.05, 0.1) is 12.5 Å². The van der Waals surface area contributed by atoms with Crippen LogP contribution in [0.4, 0.5) is 0 Å². The molecule has 1 saturated carbocycles. The molecule has 1 aliphatic rings. The van der Waals surface area contributed by atoms with Crippen LogP contribution in [-0.4, -0.2) is 12.6 Å². The molecule has 0 bridgehead atoms. The molecule has 3 atom stereocenters. The van der Waals surface area contributed by atoms with Crippen molar-refractivity contribution >= 4 is 0 Å². The smallest absolute Gasteiger partial charge is 0.0638 e. The highest BCUT2D eigenvalue weighted by atomic mass is 14.9. The average molecular weight is 152 g/mol. The van der Waals surface area contributed by atoms with Crippen LogP contribution in [0.2, 0.25) is 0 Å². The normalized spacial score (nSPS) is 31.0. The second-order valence-corrected chi connectivity index (χ2v) is 3.64. The van der Waals surface area contributed by atoms with Crippen LogP contribution in [0.25, 0.3) is 0 Å². The van der Waals surface area contributed by atoms with Crippen LogP contribution in [0.3, 0.4) is 0 Å². The van der Waals surface area contributed by atoms with E-state index in [4.69, 9.17) is 5.26 Å². The van der Waals surface area contributed by atoms with E-state index in [9.17, 15) is 0 Å². The summed E-state index contributed by atoms with van der Waals surface area (Å²) in [5.74, 6) is 1.80. The van der Waals surface area contributed by atoms with Crippen LogP contribution in [0.5, 0.6) is 0 Å². The van der Waals surface area contributed by atoms with Crippen molar-refractivity contribution in [3.63, 3.8) is 0 Å². The topological polar surface area (TPSA) is 35.8 Å². The fourth-order valence-electron chi connectivity index (χ4n) is 1.25. The summed E-state index contributed by atoms with van der Waals surface area (Å²) in [4.78, 5) is 0. The van der Waals surface area contributed by atoms with Gasteiger partial charge >= 0.3 is 0 Å². The maximum absolute atomic E-state index is 8.38. The van der Waals surface area contributed by atoms with Crippen LogP contribution in [-0.2, 0) is 0 Å². The zero-order valence-electron chi connectivity index (χ0n) is 7.30. The lowest BCUT2D eigenvalue weighted by Crippen LogP contribution is -2.27. The van der Waals surface area contributed by atoms with Gasteiger partial charge in [-0.05, 0) is 31.7 Å². The summed E-state index contributed by atoms with van der Waals surface area (Å²) < 4.78 is 0. The molecule has 1 aliphatic carbocycles. The zero-order chi connectivity index (χ0) is 8.27. The Labute approximate surface area is 68.6 Å². The molecule has 0 aromatic rings. The highest BCUT2D eigenvalue weighted by Crippen LogP contribution is 2.36. The molecule has 0 heterocycles. The van der Waals surface area contributed by atoms with Gasteiger partial charge in [0.2, 0.25) is 0 Å². The molecule has 62 valence electrons. The predicted molar refractivity (Wildman–Crippen MR) is 45.0 cm³/mol. The highest BCUT2D eigenvalue weighted by molar-refractivity contribution is 4.86. The Morgan fingerprint density at radius 1 is 1.73 bits per heavy atom. The summed E-state index contributed by atoms with van der Waals surface area (Å²) in [6.07, 6.45) is 1.99. The van der Waals surface area contributed by atoms with Gasteiger partial charge in [0.1, 0.15) is 0 Å². The van der Waals surface area contributed by atoms with Gasteiger partial charge in [-0.2, -0.15) is 5.26 Å². The number of rotatable bonds is 4. The van der Waals surface area contributed by atoms with Gasteiger partial charge in [0.25, 0.3) is 0 Å². The molecule has 0 amide bonds. The Bertz CT molecular complexity index is 159. The van der Waals surface area contributed by atoms with Crippen LogP contribution in [0, 0.1) is 23.2 Å². The van der Waals surface area contributed by atoms with E-state index in [-0.39, 0.29) is 0 Å². The molecule has 0 radical (unpaired) electrons. The van der Waals surface area contributed by atoms with Crippen molar-refractivity contribution in [3.8, 4) is 6.07 Å². The Balaban J connectivity index is 1.99. The van der Waals surface area contributed by atoms with E-state index in [1.54, 1.807) is 0 Å². The summed E-state index contributed by atoms with van der Waals surface area (Å²) >= 11 is 0. The SMILES string of the molecule is CC(CC#N)NCC1CC1C. The van der Waals surface area contributed by atoms with Gasteiger partial charge in [0.15, 0.2) is 0 Å². The number of hydrogen-bond acceptors (Lipinski definition) is 2. The largest absolute Gasteiger partial charge is 0.313 e. The number of nitrogens with zero attached hydrogens (tertiary/aromatic N) is 1. The van der Waals surface area contributed by atoms with Crippen LogP contribution >= 0.6 is 0 Å². The Hall–Kier alpha value is -0.550. The molecule has 2 heteroatoms. The second kappa shape index (κ2) is 3.73. The van der Waals surface area contributed by atoms with Gasteiger partial charge in [0, 0.05) is 6.04 Å². The Morgan fingerprint density at radius 2 is 2.36 bits per heavy atom. The third kappa shape index (κ3) is 2.90. The van der Waals surface area contributed by atoms with Crippen molar-refractivity contribution in [1.29, 1.82) is 5.26 Å². The monoisotopic (exact) mass is 152 g/mol. The van der Waals surface area contributed by atoms with Gasteiger partial charge in [-0.1, -0.05) is 6.92 Å². The second-order valence-electron chi connectivity index (χ2n) is 3.64. The van der Waals surface area contributed by atoms with E-state index >= 15 is 0 Å². The predicted octanol–water partition coefficient (Wildman–Crippen LogP) is 1.53. The minimum Gasteiger partial charge on any atom is -0.313 e. The summed E-state index contributed by atoms with van der Waals surface area (Å²) in [6.45, 7) is 5.45. The molecule has 0 aromatic heterocycles. The quantitative estimate of drug-likeness (QED) is 0.663. The molecule has 0 aromatic carbocycles. The molecule has 1 fully saturated rings. The standard InChI is InChI=1S/C9H16N2/c1-7-5-9(7)6-11-8(2)3-4-10/h7-9,11H,3,5-6H2,1-2H3. The molecule has 0 spiro atoms. The lowest BCUT2D eigenvalue weighted by Gasteiger charge is -2.08. The molecule has 2 nitrogen and oxygen atoms in total. The molecule has 1 N–H and O–H groups in total. The van der Waals surface area contributed by atoms with E-state index in [2.05, 4.69) is 25.2 Å². The zero-order valence-corrected chi connectivity index (χ0v) is 7.30. The lowest BCUT2D eigenvalue weighted by atomic mass is 10.2. The van der Waals surface area contributed by atoms with E-state index in [0.717, 1.165) is 18.4 Å². The van der Waals surface area contributed by atoms with E-state index in [1.165, 1.54) is 6.42 Å². The van der Waals surface area contributed by atoms with E-state index in [0.29, 0.717) is 12.5 Å². The Morgan fingerprint density at radius 3 is 2.82 bits per heavy atom. The summed E-state index contributed by atoms with van der Waals surface area (Å²) in [5.41, 5.74) is 0. The van der Waals surface area contributed by atoms with Gasteiger partial charge < -0.3 is 5.32 Å². The maximum Gasteiger partial charge on any atom is 0.0638 e. The lowest BCUT2D eigenvalue weighted by molar-refractivity contribution is 0.523. The molecule has 3 unspecified atom stereocenters. The summed E-state index contributed by atoms with van der Waals surface area (Å²) in [5, 5.41) is 11.7. The number of hydrogen-bond donors (Lipinski definition) is 1.